The maximum atomic E-state index is 12.5. The third kappa shape index (κ3) is 3.27. The number of amides is 1. The Balaban J connectivity index is 2.12. The molecule has 0 fully saturated rings. The molecule has 0 spiro atoms. The molecule has 1 amide bonds. The highest BCUT2D eigenvalue weighted by Gasteiger charge is 2.34. The van der Waals surface area contributed by atoms with Gasteiger partial charge < -0.3 is 14.2 Å². The first-order valence-corrected chi connectivity index (χ1v) is 8.42. The Morgan fingerprint density at radius 2 is 1.80 bits per heavy atom. The van der Waals surface area contributed by atoms with Gasteiger partial charge in [-0.3, -0.25) is 4.90 Å². The van der Waals surface area contributed by atoms with Gasteiger partial charge in [-0.1, -0.05) is 30.3 Å². The molecule has 0 saturated carbocycles. The van der Waals surface area contributed by atoms with Crippen molar-refractivity contribution in [2.24, 2.45) is 0 Å². The number of fused-ring (bicyclic) bond motifs is 1. The number of nitrogens with zero attached hydrogens (tertiary/aromatic N) is 1. The number of carbonyl (C=O) groups is 1. The van der Waals surface area contributed by atoms with Crippen LogP contribution in [0.15, 0.2) is 42.5 Å². The van der Waals surface area contributed by atoms with Crippen LogP contribution in [0.1, 0.15) is 29.7 Å². The number of hydrogen-bond acceptors (Lipinski definition) is 4. The first-order valence-electron chi connectivity index (χ1n) is 8.42. The van der Waals surface area contributed by atoms with Gasteiger partial charge in [-0.25, -0.2) is 4.79 Å². The van der Waals surface area contributed by atoms with E-state index in [1.165, 1.54) is 0 Å². The lowest BCUT2D eigenvalue weighted by molar-refractivity contribution is 0.0936. The molecule has 132 valence electrons. The molecule has 1 heterocycles. The van der Waals surface area contributed by atoms with Gasteiger partial charge in [0.25, 0.3) is 0 Å². The highest BCUT2D eigenvalue weighted by atomic mass is 16.6. The van der Waals surface area contributed by atoms with Crippen LogP contribution < -0.4 is 9.47 Å². The third-order valence-electron chi connectivity index (χ3n) is 4.49. The zero-order valence-corrected chi connectivity index (χ0v) is 14.8. The zero-order valence-electron chi connectivity index (χ0n) is 14.8. The van der Waals surface area contributed by atoms with E-state index in [9.17, 15) is 4.79 Å². The number of benzene rings is 2. The molecule has 0 N–H and O–H groups in total. The smallest absolute Gasteiger partial charge is 0.410 e. The van der Waals surface area contributed by atoms with Crippen LogP contribution in [0.4, 0.5) is 4.79 Å². The summed E-state index contributed by atoms with van der Waals surface area (Å²) in [5, 5.41) is 0. The van der Waals surface area contributed by atoms with Crippen LogP contribution in [-0.2, 0) is 11.2 Å². The average Bonchev–Trinajstić information content (AvgIpc) is 2.66. The minimum atomic E-state index is -0.295. The van der Waals surface area contributed by atoms with E-state index in [-0.39, 0.29) is 12.1 Å². The molecule has 1 aliphatic rings. The van der Waals surface area contributed by atoms with Crippen LogP contribution >= 0.6 is 0 Å². The minimum absolute atomic E-state index is 0.205. The number of methoxy groups -OCH3 is 2. The van der Waals surface area contributed by atoms with Gasteiger partial charge in [-0.15, -0.1) is 0 Å². The van der Waals surface area contributed by atoms with Crippen molar-refractivity contribution < 1.29 is 19.0 Å². The molecular weight excluding hydrogens is 318 g/mol. The van der Waals surface area contributed by atoms with Crippen molar-refractivity contribution >= 4 is 6.09 Å². The molecule has 3 rings (SSSR count). The summed E-state index contributed by atoms with van der Waals surface area (Å²) in [6, 6.07) is 13.8. The number of ether oxygens (including phenoxy) is 3. The molecule has 1 unspecified atom stereocenters. The second-order valence-corrected chi connectivity index (χ2v) is 5.86. The Morgan fingerprint density at radius 1 is 1.12 bits per heavy atom. The quantitative estimate of drug-likeness (QED) is 0.848. The van der Waals surface area contributed by atoms with Gasteiger partial charge in [0, 0.05) is 6.54 Å². The summed E-state index contributed by atoms with van der Waals surface area (Å²) in [6.45, 7) is 2.78. The van der Waals surface area contributed by atoms with Crippen LogP contribution in [0, 0.1) is 0 Å². The molecule has 2 aromatic carbocycles. The fourth-order valence-electron chi connectivity index (χ4n) is 3.34. The van der Waals surface area contributed by atoms with Gasteiger partial charge in [0.2, 0.25) is 0 Å². The van der Waals surface area contributed by atoms with E-state index >= 15 is 0 Å². The summed E-state index contributed by atoms with van der Waals surface area (Å²) in [7, 11) is 3.25. The van der Waals surface area contributed by atoms with Gasteiger partial charge in [-0.05, 0) is 42.2 Å². The SMILES string of the molecule is CCOC(=O)N1CCc2cc(OC)c(OC)cc2C1c1ccccc1. The predicted molar refractivity (Wildman–Crippen MR) is 95.3 cm³/mol. The summed E-state index contributed by atoms with van der Waals surface area (Å²) in [4.78, 5) is 14.3. The lowest BCUT2D eigenvalue weighted by Crippen LogP contribution is -2.41. The Kier molecular flexibility index (Phi) is 5.12. The lowest BCUT2D eigenvalue weighted by Gasteiger charge is -2.37. The minimum Gasteiger partial charge on any atom is -0.493 e. The summed E-state index contributed by atoms with van der Waals surface area (Å²) >= 11 is 0. The van der Waals surface area contributed by atoms with Gasteiger partial charge in [-0.2, -0.15) is 0 Å². The monoisotopic (exact) mass is 341 g/mol. The maximum absolute atomic E-state index is 12.5. The van der Waals surface area contributed by atoms with Gasteiger partial charge in [0.1, 0.15) is 0 Å². The van der Waals surface area contributed by atoms with Crippen molar-refractivity contribution in [3.63, 3.8) is 0 Å². The van der Waals surface area contributed by atoms with E-state index in [0.717, 1.165) is 23.1 Å². The molecule has 0 aliphatic carbocycles. The lowest BCUT2D eigenvalue weighted by atomic mass is 9.88. The normalized spacial score (nSPS) is 16.1. The first kappa shape index (κ1) is 17.1. The van der Waals surface area contributed by atoms with E-state index in [1.807, 2.05) is 49.4 Å². The molecule has 25 heavy (non-hydrogen) atoms. The highest BCUT2D eigenvalue weighted by molar-refractivity contribution is 5.70. The first-order chi connectivity index (χ1) is 12.2. The largest absolute Gasteiger partial charge is 0.493 e. The van der Waals surface area contributed by atoms with Crippen molar-refractivity contribution in [2.45, 2.75) is 19.4 Å². The number of rotatable bonds is 4. The van der Waals surface area contributed by atoms with Crippen LogP contribution in [-0.4, -0.2) is 38.4 Å². The summed E-state index contributed by atoms with van der Waals surface area (Å²) in [5.74, 6) is 1.37. The van der Waals surface area contributed by atoms with E-state index in [1.54, 1.807) is 19.1 Å². The van der Waals surface area contributed by atoms with Crippen LogP contribution in [0.2, 0.25) is 0 Å². The second kappa shape index (κ2) is 7.47. The Morgan fingerprint density at radius 3 is 2.44 bits per heavy atom. The average molecular weight is 341 g/mol. The van der Waals surface area contributed by atoms with Gasteiger partial charge in [0.15, 0.2) is 11.5 Å². The summed E-state index contributed by atoms with van der Waals surface area (Å²) in [5.41, 5.74) is 3.25. The second-order valence-electron chi connectivity index (χ2n) is 5.86. The van der Waals surface area contributed by atoms with Crippen LogP contribution in [0.25, 0.3) is 0 Å². The van der Waals surface area contributed by atoms with Crippen molar-refractivity contribution in [1.82, 2.24) is 4.90 Å². The topological polar surface area (TPSA) is 48.0 Å². The molecule has 0 radical (unpaired) electrons. The van der Waals surface area contributed by atoms with E-state index in [0.29, 0.717) is 24.7 Å². The molecule has 0 saturated heterocycles. The Bertz CT molecular complexity index is 745. The van der Waals surface area contributed by atoms with Crippen molar-refractivity contribution in [3.8, 4) is 11.5 Å². The fraction of sp³-hybridized carbons (Fsp3) is 0.350. The molecule has 1 atom stereocenters. The Hall–Kier alpha value is -2.69. The van der Waals surface area contributed by atoms with E-state index < -0.39 is 0 Å². The molecular formula is C20H23NO4. The molecule has 0 aromatic heterocycles. The predicted octanol–water partition coefficient (Wildman–Crippen LogP) is 3.81. The van der Waals surface area contributed by atoms with Crippen LogP contribution in [0.5, 0.6) is 11.5 Å². The van der Waals surface area contributed by atoms with Crippen molar-refractivity contribution in [1.29, 1.82) is 0 Å². The maximum Gasteiger partial charge on any atom is 0.410 e. The summed E-state index contributed by atoms with van der Waals surface area (Å²) in [6.07, 6.45) is 0.453. The molecule has 2 aromatic rings. The molecule has 5 heteroatoms. The molecule has 5 nitrogen and oxygen atoms in total. The molecule has 1 aliphatic heterocycles. The van der Waals surface area contributed by atoms with E-state index in [4.69, 9.17) is 14.2 Å². The molecule has 0 bridgehead atoms. The fourth-order valence-corrected chi connectivity index (χ4v) is 3.34. The van der Waals surface area contributed by atoms with E-state index in [2.05, 4.69) is 0 Å². The third-order valence-corrected chi connectivity index (χ3v) is 4.49. The van der Waals surface area contributed by atoms with Gasteiger partial charge >= 0.3 is 6.09 Å². The highest BCUT2D eigenvalue weighted by Crippen LogP contribution is 2.41. The number of carbonyl (C=O) groups excluding carboxylic acids is 1. The standard InChI is InChI=1S/C20H23NO4/c1-4-25-20(22)21-11-10-15-12-17(23-2)18(24-3)13-16(15)19(21)14-8-6-5-7-9-14/h5-9,12-13,19H,4,10-11H2,1-3H3. The summed E-state index contributed by atoms with van der Waals surface area (Å²) < 4.78 is 16.2. The zero-order chi connectivity index (χ0) is 17.8. The van der Waals surface area contributed by atoms with Crippen LogP contribution in [0.3, 0.4) is 0 Å². The Labute approximate surface area is 148 Å². The number of hydrogen-bond donors (Lipinski definition) is 0. The van der Waals surface area contributed by atoms with Gasteiger partial charge in [0.05, 0.1) is 26.9 Å². The van der Waals surface area contributed by atoms with Crippen molar-refractivity contribution in [2.75, 3.05) is 27.4 Å². The van der Waals surface area contributed by atoms with Crippen molar-refractivity contribution in [3.05, 3.63) is 59.2 Å².